The van der Waals surface area contributed by atoms with Gasteiger partial charge in [-0.05, 0) is 12.8 Å². The van der Waals surface area contributed by atoms with E-state index in [4.69, 9.17) is 5.26 Å². The lowest BCUT2D eigenvalue weighted by Crippen LogP contribution is -2.48. The third-order valence-electron chi connectivity index (χ3n) is 2.94. The highest BCUT2D eigenvalue weighted by atomic mass is 19.4. The molecule has 0 saturated heterocycles. The summed E-state index contributed by atoms with van der Waals surface area (Å²) < 4.78 is 35.8. The van der Waals surface area contributed by atoms with Gasteiger partial charge in [-0.15, -0.1) is 0 Å². The summed E-state index contributed by atoms with van der Waals surface area (Å²) >= 11 is 0. The normalized spacial score (nSPS) is 19.4. The molecule has 1 rings (SSSR count). The van der Waals surface area contributed by atoms with Crippen LogP contribution in [0, 0.1) is 11.3 Å². The molecule has 1 saturated carbocycles. The molecule has 0 bridgehead atoms. The molecule has 96 valence electrons. The van der Waals surface area contributed by atoms with Gasteiger partial charge in [-0.3, -0.25) is 4.79 Å². The minimum atomic E-state index is -4.33. The van der Waals surface area contributed by atoms with E-state index in [1.165, 1.54) is 0 Å². The Kier molecular flexibility index (Phi) is 4.38. The summed E-state index contributed by atoms with van der Waals surface area (Å²) in [5.41, 5.74) is -0.944. The zero-order chi connectivity index (χ0) is 12.9. The number of alkyl halides is 3. The van der Waals surface area contributed by atoms with E-state index < -0.39 is 30.5 Å². The number of hydrogen-bond acceptors (Lipinski definition) is 2. The van der Waals surface area contributed by atoms with Crippen LogP contribution in [-0.4, -0.2) is 17.6 Å². The zero-order valence-electron chi connectivity index (χ0n) is 9.44. The number of nitriles is 1. The maximum absolute atomic E-state index is 11.9. The molecular weight excluding hydrogens is 233 g/mol. The van der Waals surface area contributed by atoms with Crippen LogP contribution in [0.15, 0.2) is 0 Å². The van der Waals surface area contributed by atoms with Crippen LogP contribution in [0.3, 0.4) is 0 Å². The molecule has 0 aromatic carbocycles. The first-order valence-corrected chi connectivity index (χ1v) is 5.66. The van der Waals surface area contributed by atoms with Crippen molar-refractivity contribution in [3.8, 4) is 6.07 Å². The summed E-state index contributed by atoms with van der Waals surface area (Å²) in [6.45, 7) is 0. The third-order valence-corrected chi connectivity index (χ3v) is 2.94. The fraction of sp³-hybridized carbons (Fsp3) is 0.818. The number of nitrogens with one attached hydrogen (secondary N) is 1. The lowest BCUT2D eigenvalue weighted by molar-refractivity contribution is -0.144. The van der Waals surface area contributed by atoms with E-state index in [1.54, 1.807) is 0 Å². The first kappa shape index (κ1) is 13.8. The Morgan fingerprint density at radius 2 is 1.88 bits per heavy atom. The van der Waals surface area contributed by atoms with Crippen molar-refractivity contribution in [2.75, 3.05) is 0 Å². The second-order valence-electron chi connectivity index (χ2n) is 4.42. The van der Waals surface area contributed by atoms with E-state index in [2.05, 4.69) is 5.32 Å². The fourth-order valence-electron chi connectivity index (χ4n) is 2.00. The van der Waals surface area contributed by atoms with Crippen LogP contribution in [-0.2, 0) is 4.79 Å². The van der Waals surface area contributed by atoms with Crippen molar-refractivity contribution in [3.05, 3.63) is 0 Å². The average molecular weight is 248 g/mol. The van der Waals surface area contributed by atoms with Crippen molar-refractivity contribution in [1.29, 1.82) is 5.26 Å². The number of hydrogen-bond donors (Lipinski definition) is 1. The summed E-state index contributed by atoms with van der Waals surface area (Å²) in [7, 11) is 0. The molecule has 17 heavy (non-hydrogen) atoms. The van der Waals surface area contributed by atoms with Crippen LogP contribution in [0.2, 0.25) is 0 Å². The number of carbonyl (C=O) groups excluding carboxylic acids is 1. The molecule has 6 heteroatoms. The number of carbonyl (C=O) groups is 1. The van der Waals surface area contributed by atoms with Gasteiger partial charge in [0, 0.05) is 6.42 Å². The van der Waals surface area contributed by atoms with Gasteiger partial charge in [0.2, 0.25) is 5.91 Å². The Bertz CT molecular complexity index is 314. The summed E-state index contributed by atoms with van der Waals surface area (Å²) in [5.74, 6) is -0.689. The van der Waals surface area contributed by atoms with Gasteiger partial charge in [-0.2, -0.15) is 18.4 Å². The second-order valence-corrected chi connectivity index (χ2v) is 4.42. The maximum Gasteiger partial charge on any atom is 0.389 e. The van der Waals surface area contributed by atoms with Crippen molar-refractivity contribution in [2.24, 2.45) is 0 Å². The van der Waals surface area contributed by atoms with Crippen molar-refractivity contribution in [1.82, 2.24) is 5.32 Å². The topological polar surface area (TPSA) is 52.9 Å². The molecule has 0 heterocycles. The molecule has 1 aliphatic carbocycles. The van der Waals surface area contributed by atoms with E-state index in [0.29, 0.717) is 12.8 Å². The Hall–Kier alpha value is -1.25. The predicted molar refractivity (Wildman–Crippen MR) is 54.9 cm³/mol. The summed E-state index contributed by atoms with van der Waals surface area (Å²) in [6, 6.07) is 2.03. The number of rotatable bonds is 3. The van der Waals surface area contributed by atoms with Gasteiger partial charge >= 0.3 is 6.18 Å². The molecule has 0 radical (unpaired) electrons. The standard InChI is InChI=1S/C11H15F3N2O/c12-11(13,14)7-4-9(17)16-10(8-15)5-2-1-3-6-10/h1-7H2,(H,16,17). The third kappa shape index (κ3) is 4.63. The van der Waals surface area contributed by atoms with Crippen LogP contribution in [0.4, 0.5) is 13.2 Å². The summed E-state index contributed by atoms with van der Waals surface area (Å²) in [5, 5.41) is 11.5. The van der Waals surface area contributed by atoms with E-state index in [1.807, 2.05) is 6.07 Å². The monoisotopic (exact) mass is 248 g/mol. The van der Waals surface area contributed by atoms with Gasteiger partial charge < -0.3 is 5.32 Å². The maximum atomic E-state index is 11.9. The summed E-state index contributed by atoms with van der Waals surface area (Å²) in [4.78, 5) is 11.4. The van der Waals surface area contributed by atoms with Crippen molar-refractivity contribution in [2.45, 2.75) is 56.7 Å². The number of nitrogens with zero attached hydrogens (tertiary/aromatic N) is 1. The molecule has 1 amide bonds. The smallest absolute Gasteiger partial charge is 0.338 e. The first-order valence-electron chi connectivity index (χ1n) is 5.66. The largest absolute Gasteiger partial charge is 0.389 e. The minimum absolute atomic E-state index is 0.529. The molecule has 1 fully saturated rings. The van der Waals surface area contributed by atoms with Gasteiger partial charge in [0.05, 0.1) is 12.5 Å². The highest BCUT2D eigenvalue weighted by Gasteiger charge is 2.35. The van der Waals surface area contributed by atoms with Crippen LogP contribution in [0.25, 0.3) is 0 Å². The van der Waals surface area contributed by atoms with Gasteiger partial charge in [0.25, 0.3) is 0 Å². The average Bonchev–Trinajstić information content (AvgIpc) is 2.27. The van der Waals surface area contributed by atoms with E-state index in [9.17, 15) is 18.0 Å². The van der Waals surface area contributed by atoms with E-state index in [-0.39, 0.29) is 0 Å². The van der Waals surface area contributed by atoms with Gasteiger partial charge in [0.1, 0.15) is 5.54 Å². The van der Waals surface area contributed by atoms with Crippen molar-refractivity contribution < 1.29 is 18.0 Å². The second kappa shape index (κ2) is 5.39. The molecule has 0 aromatic rings. The molecule has 0 unspecified atom stereocenters. The molecule has 1 aliphatic rings. The van der Waals surface area contributed by atoms with Gasteiger partial charge in [-0.1, -0.05) is 19.3 Å². The molecule has 0 atom stereocenters. The SMILES string of the molecule is N#CC1(NC(=O)CCC(F)(F)F)CCCCC1. The van der Waals surface area contributed by atoms with Crippen LogP contribution < -0.4 is 5.32 Å². The highest BCUT2D eigenvalue weighted by molar-refractivity contribution is 5.77. The van der Waals surface area contributed by atoms with Gasteiger partial charge in [0.15, 0.2) is 0 Å². The molecular formula is C11H15F3N2O. The quantitative estimate of drug-likeness (QED) is 0.834. The molecule has 0 aliphatic heterocycles. The lowest BCUT2D eigenvalue weighted by atomic mass is 9.83. The van der Waals surface area contributed by atoms with E-state index >= 15 is 0 Å². The Balaban J connectivity index is 2.46. The lowest BCUT2D eigenvalue weighted by Gasteiger charge is -2.31. The predicted octanol–water partition coefficient (Wildman–Crippen LogP) is 2.67. The summed E-state index contributed by atoms with van der Waals surface area (Å²) in [6.07, 6.45) is -2.36. The zero-order valence-corrected chi connectivity index (χ0v) is 9.44. The van der Waals surface area contributed by atoms with Crippen LogP contribution in [0.1, 0.15) is 44.9 Å². The van der Waals surface area contributed by atoms with Crippen molar-refractivity contribution >= 4 is 5.91 Å². The van der Waals surface area contributed by atoms with E-state index in [0.717, 1.165) is 19.3 Å². The number of amides is 1. The minimum Gasteiger partial charge on any atom is -0.338 e. The fourth-order valence-corrected chi connectivity index (χ4v) is 2.00. The Morgan fingerprint density at radius 1 is 1.29 bits per heavy atom. The molecule has 3 nitrogen and oxygen atoms in total. The van der Waals surface area contributed by atoms with Gasteiger partial charge in [-0.25, -0.2) is 0 Å². The molecule has 1 N–H and O–H groups in total. The Labute approximate surface area is 98.0 Å². The molecule has 0 aromatic heterocycles. The number of halogens is 3. The van der Waals surface area contributed by atoms with Crippen molar-refractivity contribution in [3.63, 3.8) is 0 Å². The van der Waals surface area contributed by atoms with Crippen LogP contribution >= 0.6 is 0 Å². The van der Waals surface area contributed by atoms with Crippen LogP contribution in [0.5, 0.6) is 0 Å². The Morgan fingerprint density at radius 3 is 2.35 bits per heavy atom. The molecule has 0 spiro atoms. The first-order chi connectivity index (χ1) is 7.87. The highest BCUT2D eigenvalue weighted by Crippen LogP contribution is 2.28.